The van der Waals surface area contributed by atoms with Crippen molar-refractivity contribution in [3.05, 3.63) is 48.9 Å². The van der Waals surface area contributed by atoms with E-state index in [1.165, 1.54) is 38.8 Å². The zero-order valence-electron chi connectivity index (χ0n) is 20.7. The number of esters is 1. The molecule has 2 unspecified atom stereocenters. The minimum Gasteiger partial charge on any atom is -0.468 e. The van der Waals surface area contributed by atoms with Crippen LogP contribution in [0.4, 0.5) is 5.82 Å². The molecule has 5 N–H and O–H groups in total. The fourth-order valence-electron chi connectivity index (χ4n) is 4.18. The number of nitrogens with two attached hydrogens (primary N) is 1. The third kappa shape index (κ3) is 5.33. The van der Waals surface area contributed by atoms with Crippen LogP contribution in [-0.4, -0.2) is 67.8 Å². The number of para-hydroxylation sites is 1. The number of aliphatic hydroxyl groups is 2. The molecule has 0 bridgehead atoms. The van der Waals surface area contributed by atoms with Crippen molar-refractivity contribution in [2.45, 2.75) is 57.0 Å². The highest BCUT2D eigenvalue weighted by atomic mass is 31.2. The van der Waals surface area contributed by atoms with Crippen molar-refractivity contribution < 1.29 is 38.1 Å². The summed E-state index contributed by atoms with van der Waals surface area (Å²) in [6.07, 6.45) is -1.91. The van der Waals surface area contributed by atoms with Gasteiger partial charge >= 0.3 is 13.7 Å². The number of methoxy groups -OCH3 is 1. The summed E-state index contributed by atoms with van der Waals surface area (Å²) in [6.45, 7) is 4.35. The number of aromatic nitrogens is 3. The number of carbonyl (C=O) groups is 1. The Balaban J connectivity index is 1.60. The number of ether oxygens (including phenoxy) is 2. The highest BCUT2D eigenvalue weighted by Crippen LogP contribution is 2.49. The van der Waals surface area contributed by atoms with Crippen LogP contribution in [0.3, 0.4) is 0 Å². The molecule has 0 amide bonds. The van der Waals surface area contributed by atoms with Crippen molar-refractivity contribution in [1.29, 1.82) is 0 Å². The number of nitrogens with one attached hydrogen (secondary N) is 1. The molecular formula is C23H30N5O8P. The van der Waals surface area contributed by atoms with Crippen LogP contribution in [0, 0.1) is 0 Å². The maximum Gasteiger partial charge on any atom is 0.459 e. The molecule has 14 heteroatoms. The minimum absolute atomic E-state index is 0.219. The van der Waals surface area contributed by atoms with E-state index in [-0.39, 0.29) is 11.6 Å². The van der Waals surface area contributed by atoms with E-state index in [1.807, 2.05) is 0 Å². The van der Waals surface area contributed by atoms with Gasteiger partial charge in [-0.15, -0.1) is 0 Å². The first-order valence-corrected chi connectivity index (χ1v) is 13.0. The Kier molecular flexibility index (Phi) is 7.56. The van der Waals surface area contributed by atoms with Crippen LogP contribution < -0.4 is 15.3 Å². The zero-order valence-corrected chi connectivity index (χ0v) is 21.6. The van der Waals surface area contributed by atoms with Crippen molar-refractivity contribution >= 4 is 30.6 Å². The topological polar surface area (TPSA) is 180 Å². The molecule has 7 atom stereocenters. The highest BCUT2D eigenvalue weighted by molar-refractivity contribution is 7.52. The van der Waals surface area contributed by atoms with Gasteiger partial charge < -0.3 is 34.5 Å². The van der Waals surface area contributed by atoms with E-state index in [2.05, 4.69) is 15.1 Å². The van der Waals surface area contributed by atoms with Crippen LogP contribution in [0.5, 0.6) is 5.75 Å². The summed E-state index contributed by atoms with van der Waals surface area (Å²) < 4.78 is 37.5. The van der Waals surface area contributed by atoms with Gasteiger partial charge in [0, 0.05) is 6.20 Å². The Hall–Kier alpha value is -3.06. The molecule has 0 radical (unpaired) electrons. The molecule has 1 aliphatic heterocycles. The fourth-order valence-corrected chi connectivity index (χ4v) is 5.87. The number of fused-ring (bicyclic) bond motifs is 1. The highest BCUT2D eigenvalue weighted by Gasteiger charge is 2.56. The van der Waals surface area contributed by atoms with Crippen LogP contribution in [0.2, 0.25) is 0 Å². The van der Waals surface area contributed by atoms with Crippen molar-refractivity contribution in [2.75, 3.05) is 12.8 Å². The van der Waals surface area contributed by atoms with Gasteiger partial charge in [0.1, 0.15) is 47.4 Å². The molecule has 200 valence electrons. The van der Waals surface area contributed by atoms with Gasteiger partial charge in [0.25, 0.3) is 0 Å². The number of hydrogen-bond acceptors (Lipinski definition) is 11. The number of aliphatic hydroxyl groups excluding tert-OH is 1. The van der Waals surface area contributed by atoms with Crippen LogP contribution in [0.1, 0.15) is 27.0 Å². The molecule has 3 heterocycles. The minimum atomic E-state index is -4.23. The number of carbonyl (C=O) groups excluding carboxylic acids is 1. The van der Waals surface area contributed by atoms with E-state index in [0.717, 1.165) is 0 Å². The summed E-state index contributed by atoms with van der Waals surface area (Å²) in [5.41, 5.74) is 4.51. The third-order valence-corrected chi connectivity index (χ3v) is 7.90. The maximum atomic E-state index is 13.8. The van der Waals surface area contributed by atoms with E-state index in [9.17, 15) is 19.6 Å². The largest absolute Gasteiger partial charge is 0.468 e. The molecule has 0 spiro atoms. The molecule has 37 heavy (non-hydrogen) atoms. The van der Waals surface area contributed by atoms with E-state index < -0.39 is 49.9 Å². The van der Waals surface area contributed by atoms with Crippen LogP contribution in [0.25, 0.3) is 11.0 Å². The molecule has 0 aliphatic carbocycles. The number of benzene rings is 1. The smallest absolute Gasteiger partial charge is 0.459 e. The molecule has 0 saturated carbocycles. The molecule has 2 aromatic heterocycles. The lowest BCUT2D eigenvalue weighted by Crippen LogP contribution is -2.46. The van der Waals surface area contributed by atoms with Crippen LogP contribution in [0.15, 0.2) is 48.9 Å². The standard InChI is InChI=1S/C23H30N5O8P/c1-13(21(30)33-4)27-37(32,36-15-8-6-5-7-9-15)35-14(2)17-18(29)23(3,31)22(34-17)28-11-10-16-19(24)25-12-26-20(16)28/h5-14,17-18,22,29,31H,1-4H3,(H,27,32)(H2,24,25,26)/t13-,14?,17+,18+,22+,23+,37?/m0/s1. The van der Waals surface area contributed by atoms with Gasteiger partial charge in [0.2, 0.25) is 0 Å². The molecule has 3 aromatic rings. The summed E-state index contributed by atoms with van der Waals surface area (Å²) in [6, 6.07) is 8.86. The SMILES string of the molecule is COC(=O)[C@H](C)NP(=O)(Oc1ccccc1)OC(C)[C@H]1O[C@@H](n2ccc3c(N)ncnc32)[C@](C)(O)[C@@H]1O. The summed E-state index contributed by atoms with van der Waals surface area (Å²) in [5.74, 6) is -0.217. The average molecular weight is 535 g/mol. The normalized spacial score (nSPS) is 26.9. The van der Waals surface area contributed by atoms with Gasteiger partial charge in [-0.25, -0.2) is 14.5 Å². The van der Waals surface area contributed by atoms with E-state index in [4.69, 9.17) is 24.3 Å². The van der Waals surface area contributed by atoms with Gasteiger partial charge in [-0.3, -0.25) is 9.32 Å². The number of rotatable bonds is 9. The van der Waals surface area contributed by atoms with Crippen molar-refractivity contribution in [2.24, 2.45) is 0 Å². The summed E-state index contributed by atoms with van der Waals surface area (Å²) in [7, 11) is -3.04. The van der Waals surface area contributed by atoms with E-state index in [1.54, 1.807) is 42.6 Å². The molecule has 1 aliphatic rings. The first-order chi connectivity index (χ1) is 17.5. The lowest BCUT2D eigenvalue weighted by Gasteiger charge is -2.29. The van der Waals surface area contributed by atoms with Gasteiger partial charge in [0.05, 0.1) is 18.6 Å². The number of hydrogen-bond donors (Lipinski definition) is 4. The van der Waals surface area contributed by atoms with Gasteiger partial charge in [0.15, 0.2) is 6.23 Å². The van der Waals surface area contributed by atoms with Crippen molar-refractivity contribution in [3.8, 4) is 5.75 Å². The fraction of sp³-hybridized carbons (Fsp3) is 0.435. The lowest BCUT2D eigenvalue weighted by molar-refractivity contribution is -0.142. The zero-order chi connectivity index (χ0) is 27.0. The Morgan fingerprint density at radius 1 is 1.27 bits per heavy atom. The first kappa shape index (κ1) is 27.0. The van der Waals surface area contributed by atoms with Crippen LogP contribution >= 0.6 is 7.75 Å². The molecular weight excluding hydrogens is 505 g/mol. The summed E-state index contributed by atoms with van der Waals surface area (Å²) in [5, 5.41) is 25.3. The quantitative estimate of drug-likeness (QED) is 0.231. The van der Waals surface area contributed by atoms with Gasteiger partial charge in [-0.05, 0) is 39.0 Å². The second-order valence-electron chi connectivity index (χ2n) is 8.93. The van der Waals surface area contributed by atoms with E-state index >= 15 is 0 Å². The predicted octanol–water partition coefficient (Wildman–Crippen LogP) is 1.77. The Labute approximate surface area is 213 Å². The average Bonchev–Trinajstić information content (AvgIpc) is 3.38. The van der Waals surface area contributed by atoms with Gasteiger partial charge in [-0.2, -0.15) is 5.09 Å². The molecule has 1 saturated heterocycles. The molecule has 4 rings (SSSR count). The number of anilines is 1. The third-order valence-electron chi connectivity index (χ3n) is 6.13. The van der Waals surface area contributed by atoms with Crippen LogP contribution in [-0.2, 0) is 23.4 Å². The summed E-state index contributed by atoms with van der Waals surface area (Å²) in [4.78, 5) is 20.2. The van der Waals surface area contributed by atoms with E-state index in [0.29, 0.717) is 11.0 Å². The Bertz CT molecular complexity index is 1300. The second-order valence-corrected chi connectivity index (χ2v) is 10.6. The first-order valence-electron chi connectivity index (χ1n) is 11.5. The monoisotopic (exact) mass is 535 g/mol. The second kappa shape index (κ2) is 10.4. The van der Waals surface area contributed by atoms with Crippen molar-refractivity contribution in [1.82, 2.24) is 19.6 Å². The Morgan fingerprint density at radius 2 is 1.97 bits per heavy atom. The van der Waals surface area contributed by atoms with Gasteiger partial charge in [-0.1, -0.05) is 18.2 Å². The molecule has 1 fully saturated rings. The predicted molar refractivity (Wildman–Crippen MR) is 132 cm³/mol. The Morgan fingerprint density at radius 3 is 2.65 bits per heavy atom. The lowest BCUT2D eigenvalue weighted by atomic mass is 9.94. The number of nitrogen functional groups attached to an aromatic ring is 1. The molecule has 1 aromatic carbocycles. The number of nitrogens with zero attached hydrogens (tertiary/aromatic N) is 3. The van der Waals surface area contributed by atoms with Crippen molar-refractivity contribution in [3.63, 3.8) is 0 Å². The maximum absolute atomic E-state index is 13.8. The molecule has 13 nitrogen and oxygen atoms in total. The summed E-state index contributed by atoms with van der Waals surface area (Å²) >= 11 is 0.